The lowest BCUT2D eigenvalue weighted by molar-refractivity contribution is -0.124. The summed E-state index contributed by atoms with van der Waals surface area (Å²) < 4.78 is 31.0. The van der Waals surface area contributed by atoms with Gasteiger partial charge in [0.25, 0.3) is 5.91 Å². The molecule has 0 saturated heterocycles. The molecule has 1 amide bonds. The molecule has 1 fully saturated rings. The zero-order valence-corrected chi connectivity index (χ0v) is 11.0. The van der Waals surface area contributed by atoms with Gasteiger partial charge in [-0.05, 0) is 37.8 Å². The van der Waals surface area contributed by atoms with Crippen molar-refractivity contribution in [3.05, 3.63) is 29.8 Å². The highest BCUT2D eigenvalue weighted by atomic mass is 19.1. The minimum Gasteiger partial charge on any atom is -0.481 e. The van der Waals surface area contributed by atoms with Crippen LogP contribution in [0.15, 0.2) is 18.2 Å². The summed E-state index contributed by atoms with van der Waals surface area (Å²) in [6.45, 7) is 1.23. The van der Waals surface area contributed by atoms with Crippen LogP contribution in [0.4, 0.5) is 8.78 Å². The molecule has 6 heteroatoms. The Kier molecular flexibility index (Phi) is 3.89. The maximum absolute atomic E-state index is 13.3. The molecule has 1 aromatic rings. The summed E-state index contributed by atoms with van der Waals surface area (Å²) in [6.07, 6.45) is 1.80. The number of benzene rings is 1. The van der Waals surface area contributed by atoms with Gasteiger partial charge in [0.05, 0.1) is 6.07 Å². The van der Waals surface area contributed by atoms with Crippen LogP contribution in [0.25, 0.3) is 0 Å². The van der Waals surface area contributed by atoms with Crippen molar-refractivity contribution in [3.8, 4) is 11.8 Å². The molecular formula is C14H14F2N2O2. The SMILES string of the molecule is C[C@](C#N)(NC(=O)COc1ccc(F)cc1F)C1CC1. The number of rotatable bonds is 5. The number of nitriles is 1. The molecular weight excluding hydrogens is 266 g/mol. The third kappa shape index (κ3) is 3.23. The zero-order chi connectivity index (χ0) is 14.8. The van der Waals surface area contributed by atoms with Gasteiger partial charge in [0.1, 0.15) is 11.4 Å². The lowest BCUT2D eigenvalue weighted by Gasteiger charge is -2.22. The van der Waals surface area contributed by atoms with Crippen LogP contribution in [-0.4, -0.2) is 18.1 Å². The standard InChI is InChI=1S/C14H14F2N2O2/c1-14(8-17,9-2-3-9)18-13(19)7-20-12-5-4-10(15)6-11(12)16/h4-6,9H,2-3,7H2,1H3,(H,18,19)/t14-/m1/s1. The lowest BCUT2D eigenvalue weighted by Crippen LogP contribution is -2.48. The summed E-state index contributed by atoms with van der Waals surface area (Å²) in [5.74, 6) is -2.15. The van der Waals surface area contributed by atoms with Gasteiger partial charge >= 0.3 is 0 Å². The Balaban J connectivity index is 1.90. The molecule has 1 N–H and O–H groups in total. The summed E-state index contributed by atoms with van der Waals surface area (Å²) >= 11 is 0. The van der Waals surface area contributed by atoms with Gasteiger partial charge in [0.2, 0.25) is 0 Å². The highest BCUT2D eigenvalue weighted by Crippen LogP contribution is 2.39. The maximum atomic E-state index is 13.3. The van der Waals surface area contributed by atoms with E-state index in [1.165, 1.54) is 0 Å². The van der Waals surface area contributed by atoms with Crippen LogP contribution in [-0.2, 0) is 4.79 Å². The first-order valence-electron chi connectivity index (χ1n) is 6.25. The molecule has 0 heterocycles. The molecule has 0 aliphatic heterocycles. The number of hydrogen-bond acceptors (Lipinski definition) is 3. The molecule has 0 radical (unpaired) electrons. The van der Waals surface area contributed by atoms with E-state index in [4.69, 9.17) is 10.00 Å². The molecule has 0 bridgehead atoms. The monoisotopic (exact) mass is 280 g/mol. The quantitative estimate of drug-likeness (QED) is 0.899. The molecule has 20 heavy (non-hydrogen) atoms. The number of carbonyl (C=O) groups is 1. The van der Waals surface area contributed by atoms with Crippen molar-refractivity contribution >= 4 is 5.91 Å². The van der Waals surface area contributed by atoms with E-state index in [1.54, 1.807) is 6.92 Å². The van der Waals surface area contributed by atoms with Crippen molar-refractivity contribution < 1.29 is 18.3 Å². The molecule has 1 aromatic carbocycles. The Morgan fingerprint density at radius 3 is 2.80 bits per heavy atom. The summed E-state index contributed by atoms with van der Waals surface area (Å²) in [7, 11) is 0. The molecule has 1 saturated carbocycles. The van der Waals surface area contributed by atoms with E-state index in [2.05, 4.69) is 11.4 Å². The fourth-order valence-electron chi connectivity index (χ4n) is 1.94. The van der Waals surface area contributed by atoms with Crippen LogP contribution in [0.1, 0.15) is 19.8 Å². The summed E-state index contributed by atoms with van der Waals surface area (Å²) in [5.41, 5.74) is -0.915. The van der Waals surface area contributed by atoms with Crippen molar-refractivity contribution in [3.63, 3.8) is 0 Å². The Morgan fingerprint density at radius 2 is 2.25 bits per heavy atom. The lowest BCUT2D eigenvalue weighted by atomic mass is 9.98. The smallest absolute Gasteiger partial charge is 0.259 e. The Morgan fingerprint density at radius 1 is 1.55 bits per heavy atom. The number of hydrogen-bond donors (Lipinski definition) is 1. The van der Waals surface area contributed by atoms with Gasteiger partial charge in [0, 0.05) is 6.07 Å². The minimum absolute atomic E-state index is 0.152. The second-order valence-corrected chi connectivity index (χ2v) is 5.00. The van der Waals surface area contributed by atoms with Crippen LogP contribution >= 0.6 is 0 Å². The Bertz CT molecular complexity index is 567. The normalized spacial score (nSPS) is 16.9. The second kappa shape index (κ2) is 5.45. The van der Waals surface area contributed by atoms with Crippen molar-refractivity contribution in [1.29, 1.82) is 5.26 Å². The minimum atomic E-state index is -0.915. The Hall–Kier alpha value is -2.16. The molecule has 0 aromatic heterocycles. The van der Waals surface area contributed by atoms with E-state index in [1.807, 2.05) is 0 Å². The number of amides is 1. The summed E-state index contributed by atoms with van der Waals surface area (Å²) in [6, 6.07) is 4.91. The number of carbonyl (C=O) groups excluding carboxylic acids is 1. The van der Waals surface area contributed by atoms with Gasteiger partial charge in [-0.1, -0.05) is 0 Å². The predicted octanol–water partition coefficient (Wildman–Crippen LogP) is 2.15. The highest BCUT2D eigenvalue weighted by molar-refractivity contribution is 5.79. The number of ether oxygens (including phenoxy) is 1. The van der Waals surface area contributed by atoms with E-state index < -0.39 is 29.7 Å². The first-order chi connectivity index (χ1) is 9.44. The molecule has 1 aliphatic rings. The third-order valence-electron chi connectivity index (χ3n) is 3.28. The fourth-order valence-corrected chi connectivity index (χ4v) is 1.94. The van der Waals surface area contributed by atoms with Gasteiger partial charge in [-0.2, -0.15) is 5.26 Å². The first kappa shape index (κ1) is 14.3. The average Bonchev–Trinajstić information content (AvgIpc) is 3.22. The van der Waals surface area contributed by atoms with E-state index >= 15 is 0 Å². The van der Waals surface area contributed by atoms with Crippen LogP contribution < -0.4 is 10.1 Å². The zero-order valence-electron chi connectivity index (χ0n) is 11.0. The van der Waals surface area contributed by atoms with Crippen LogP contribution in [0.5, 0.6) is 5.75 Å². The van der Waals surface area contributed by atoms with Gasteiger partial charge in [0.15, 0.2) is 18.2 Å². The first-order valence-corrected chi connectivity index (χ1v) is 6.25. The molecule has 1 atom stereocenters. The average molecular weight is 280 g/mol. The Labute approximate surface area is 115 Å². The van der Waals surface area contributed by atoms with Crippen LogP contribution in [0.2, 0.25) is 0 Å². The van der Waals surface area contributed by atoms with Crippen molar-refractivity contribution in [2.75, 3.05) is 6.61 Å². The number of nitrogens with zero attached hydrogens (tertiary/aromatic N) is 1. The van der Waals surface area contributed by atoms with Crippen molar-refractivity contribution in [2.45, 2.75) is 25.3 Å². The van der Waals surface area contributed by atoms with Crippen molar-refractivity contribution in [1.82, 2.24) is 5.32 Å². The predicted molar refractivity (Wildman–Crippen MR) is 66.7 cm³/mol. The van der Waals surface area contributed by atoms with Crippen LogP contribution in [0.3, 0.4) is 0 Å². The second-order valence-electron chi connectivity index (χ2n) is 5.00. The fraction of sp³-hybridized carbons (Fsp3) is 0.429. The molecule has 1 aliphatic carbocycles. The van der Waals surface area contributed by atoms with Gasteiger partial charge in [-0.3, -0.25) is 4.79 Å². The molecule has 2 rings (SSSR count). The maximum Gasteiger partial charge on any atom is 0.259 e. The highest BCUT2D eigenvalue weighted by Gasteiger charge is 2.43. The topological polar surface area (TPSA) is 62.1 Å². The van der Waals surface area contributed by atoms with E-state index in [9.17, 15) is 13.6 Å². The summed E-state index contributed by atoms with van der Waals surface area (Å²) in [5, 5.41) is 11.7. The molecule has 4 nitrogen and oxygen atoms in total. The largest absolute Gasteiger partial charge is 0.481 e. The van der Waals surface area contributed by atoms with Gasteiger partial charge in [-0.15, -0.1) is 0 Å². The number of nitrogens with one attached hydrogen (secondary N) is 1. The summed E-state index contributed by atoms with van der Waals surface area (Å²) in [4.78, 5) is 11.7. The van der Waals surface area contributed by atoms with Crippen LogP contribution in [0, 0.1) is 28.9 Å². The number of halogens is 2. The van der Waals surface area contributed by atoms with E-state index in [-0.39, 0.29) is 11.7 Å². The molecule has 0 unspecified atom stereocenters. The van der Waals surface area contributed by atoms with E-state index in [0.29, 0.717) is 6.07 Å². The van der Waals surface area contributed by atoms with E-state index in [0.717, 1.165) is 25.0 Å². The molecule has 0 spiro atoms. The molecule has 106 valence electrons. The van der Waals surface area contributed by atoms with Gasteiger partial charge < -0.3 is 10.1 Å². The third-order valence-corrected chi connectivity index (χ3v) is 3.28. The van der Waals surface area contributed by atoms with Crippen molar-refractivity contribution in [2.24, 2.45) is 5.92 Å². The van der Waals surface area contributed by atoms with Gasteiger partial charge in [-0.25, -0.2) is 8.78 Å².